The van der Waals surface area contributed by atoms with Gasteiger partial charge >= 0.3 is 0 Å². The number of nitrogens with one attached hydrogen (secondary N) is 1. The van der Waals surface area contributed by atoms with Crippen LogP contribution in [0, 0.1) is 5.82 Å². The molecule has 3 amide bonds. The largest absolute Gasteiger partial charge is 0.398 e. The Labute approximate surface area is 123 Å². The first-order chi connectivity index (χ1) is 12.2. The third-order valence-electron chi connectivity index (χ3n) is 2.75. The average Bonchev–Trinajstić information content (AvgIpc) is 2.74. The molecule has 104 valence electrons. The van der Waals surface area contributed by atoms with Crippen LogP contribution in [0.5, 0.6) is 0 Å². The van der Waals surface area contributed by atoms with E-state index in [0.29, 0.717) is 0 Å². The van der Waals surface area contributed by atoms with Crippen LogP contribution in [-0.4, -0.2) is 28.6 Å². The second-order valence-electron chi connectivity index (χ2n) is 4.06. The van der Waals surface area contributed by atoms with Gasteiger partial charge in [0.05, 0.1) is 6.85 Å². The van der Waals surface area contributed by atoms with Gasteiger partial charge < -0.3 is 10.6 Å². The first kappa shape index (κ1) is 6.83. The summed E-state index contributed by atoms with van der Waals surface area (Å²) in [4.78, 5) is 36.5. The molecule has 7 heteroatoms. The minimum atomic E-state index is -3.25. The third-order valence-corrected chi connectivity index (χ3v) is 2.75. The number of benzene rings is 1. The molecule has 1 aromatic rings. The molecule has 1 saturated heterocycles. The van der Waals surface area contributed by atoms with E-state index in [4.69, 9.17) is 15.3 Å². The Morgan fingerprint density at radius 3 is 2.95 bits per heavy atom. The molecular weight excluding hydrogens is 265 g/mol. The van der Waals surface area contributed by atoms with Gasteiger partial charge in [-0.3, -0.25) is 19.7 Å². The summed E-state index contributed by atoms with van der Waals surface area (Å²) in [6, 6.07) is -5.45. The van der Waals surface area contributed by atoms with Crippen molar-refractivity contribution in [2.75, 3.05) is 5.73 Å². The Bertz CT molecular complexity index is 938. The molecule has 1 aromatic carbocycles. The van der Waals surface area contributed by atoms with Gasteiger partial charge in [-0.2, -0.15) is 0 Å². The van der Waals surface area contributed by atoms with Crippen LogP contribution >= 0.6 is 0 Å². The van der Waals surface area contributed by atoms with Crippen LogP contribution in [0.1, 0.15) is 38.3 Å². The van der Waals surface area contributed by atoms with Crippen LogP contribution in [-0.2, 0) is 16.1 Å². The van der Waals surface area contributed by atoms with Crippen molar-refractivity contribution in [2.45, 2.75) is 25.3 Å². The fourth-order valence-corrected chi connectivity index (χ4v) is 1.88. The van der Waals surface area contributed by atoms with Gasteiger partial charge in [0.2, 0.25) is 11.8 Å². The fourth-order valence-electron chi connectivity index (χ4n) is 1.88. The third kappa shape index (κ3) is 1.82. The van der Waals surface area contributed by atoms with Crippen LogP contribution in [0.2, 0.25) is 0 Å². The molecule has 6 nitrogen and oxygen atoms in total. The molecule has 0 aromatic heterocycles. The lowest BCUT2D eigenvalue weighted by molar-refractivity contribution is -0.136. The van der Waals surface area contributed by atoms with Gasteiger partial charge in [-0.1, -0.05) is 0 Å². The van der Waals surface area contributed by atoms with E-state index < -0.39 is 77.7 Å². The number of carbonyl (C=O) groups is 3. The number of hydrogen-bond donors (Lipinski definition) is 2. The summed E-state index contributed by atoms with van der Waals surface area (Å²) < 4.78 is 69.8. The minimum Gasteiger partial charge on any atom is -0.398 e. The number of carbonyl (C=O) groups excluding carboxylic acids is 3. The molecule has 1 atom stereocenters. The van der Waals surface area contributed by atoms with Gasteiger partial charge in [0.1, 0.15) is 11.8 Å². The SMILES string of the molecule is [2H]c1c(N)c2c(c([2H])c1F)C(=O)N([C@@]1([2H])C(=O)NC(=O)CC1([2H])[2H])C2([2H])[2H]. The lowest BCUT2D eigenvalue weighted by Gasteiger charge is -2.29. The number of fused-ring (bicyclic) bond motifs is 1. The molecule has 0 bridgehead atoms. The van der Waals surface area contributed by atoms with Crippen molar-refractivity contribution in [1.29, 1.82) is 0 Å². The fraction of sp³-hybridized carbons (Fsp3) is 0.308. The molecule has 1 fully saturated rings. The lowest BCUT2D eigenvalue weighted by Crippen LogP contribution is -2.52. The Morgan fingerprint density at radius 1 is 1.50 bits per heavy atom. The van der Waals surface area contributed by atoms with Crippen LogP contribution in [0.4, 0.5) is 10.1 Å². The Hall–Kier alpha value is -2.44. The summed E-state index contributed by atoms with van der Waals surface area (Å²) in [6.07, 6.45) is -4.02. The number of imide groups is 1. The first-order valence-electron chi connectivity index (χ1n) is 8.97. The van der Waals surface area contributed by atoms with Crippen molar-refractivity contribution < 1.29 is 28.4 Å². The maximum Gasteiger partial charge on any atom is 0.255 e. The number of amides is 3. The van der Waals surface area contributed by atoms with Crippen LogP contribution in [0.25, 0.3) is 0 Å². The summed E-state index contributed by atoms with van der Waals surface area (Å²) in [6.45, 7) is -3.12. The minimum absolute atomic E-state index is 0.0975. The van der Waals surface area contributed by atoms with Gasteiger partial charge in [0.15, 0.2) is 0 Å². The second-order valence-corrected chi connectivity index (χ2v) is 4.06. The van der Waals surface area contributed by atoms with E-state index in [2.05, 4.69) is 0 Å². The van der Waals surface area contributed by atoms with Crippen molar-refractivity contribution in [2.24, 2.45) is 0 Å². The number of halogens is 1. The Kier molecular flexibility index (Phi) is 1.47. The number of nitrogen functional groups attached to an aromatic ring is 1. The summed E-state index contributed by atoms with van der Waals surface area (Å²) in [5, 5.41) is 1.68. The Morgan fingerprint density at radius 2 is 2.25 bits per heavy atom. The molecule has 3 N–H and O–H groups in total. The smallest absolute Gasteiger partial charge is 0.255 e. The molecule has 2 aliphatic rings. The highest BCUT2D eigenvalue weighted by Crippen LogP contribution is 2.31. The van der Waals surface area contributed by atoms with E-state index in [1.165, 1.54) is 0 Å². The molecule has 0 spiro atoms. The van der Waals surface area contributed by atoms with E-state index in [1.54, 1.807) is 5.32 Å². The van der Waals surface area contributed by atoms with E-state index in [-0.39, 0.29) is 4.90 Å². The van der Waals surface area contributed by atoms with E-state index >= 15 is 0 Å². The zero-order valence-electron chi connectivity index (χ0n) is 16.8. The number of rotatable bonds is 1. The normalized spacial score (nSPS) is 35.8. The average molecular weight is 284 g/mol. The number of anilines is 1. The van der Waals surface area contributed by atoms with Gasteiger partial charge in [-0.15, -0.1) is 0 Å². The van der Waals surface area contributed by atoms with Gasteiger partial charge in [0.25, 0.3) is 5.91 Å². The quantitative estimate of drug-likeness (QED) is 0.568. The predicted octanol–water partition coefficient (Wildman–Crippen LogP) is 0.169. The molecule has 0 unspecified atom stereocenters. The molecule has 2 aliphatic heterocycles. The number of nitrogens with zero attached hydrogens (tertiary/aromatic N) is 1. The predicted molar refractivity (Wildman–Crippen MR) is 66.9 cm³/mol. The topological polar surface area (TPSA) is 92.5 Å². The monoisotopic (exact) mass is 284 g/mol. The van der Waals surface area contributed by atoms with Crippen molar-refractivity contribution in [3.63, 3.8) is 0 Å². The molecular formula is C13H12FN3O3. The zero-order valence-corrected chi connectivity index (χ0v) is 9.83. The second kappa shape index (κ2) is 4.29. The maximum atomic E-state index is 14.0. The van der Waals surface area contributed by atoms with E-state index in [0.717, 1.165) is 0 Å². The first-order valence-corrected chi connectivity index (χ1v) is 5.47. The lowest BCUT2D eigenvalue weighted by atomic mass is 10.0. The van der Waals surface area contributed by atoms with E-state index in [1.807, 2.05) is 0 Å². The van der Waals surface area contributed by atoms with Gasteiger partial charge in [-0.25, -0.2) is 4.39 Å². The standard InChI is InChI=1S/C13H12FN3O3/c14-6-3-7-8(9(15)4-6)5-17(13(7)20)10-1-2-11(18)16-12(10)19/h3-4,10H,1-2,5,15H2,(H,16,18,19)/t10-/m1/s1/i1D2,3D,4D,5D2,10D. The summed E-state index contributed by atoms with van der Waals surface area (Å²) in [5.74, 6) is -5.67. The number of piperidine rings is 1. The highest BCUT2D eigenvalue weighted by Gasteiger charge is 2.39. The molecule has 2 heterocycles. The van der Waals surface area contributed by atoms with Crippen molar-refractivity contribution in [1.82, 2.24) is 10.2 Å². The Balaban J connectivity index is 2.32. The molecule has 0 radical (unpaired) electrons. The summed E-state index contributed by atoms with van der Waals surface area (Å²) in [7, 11) is 0. The number of hydrogen-bond acceptors (Lipinski definition) is 4. The van der Waals surface area contributed by atoms with Gasteiger partial charge in [0, 0.05) is 32.5 Å². The molecule has 3 rings (SSSR count). The number of nitrogens with two attached hydrogens (primary N) is 1. The molecule has 20 heavy (non-hydrogen) atoms. The summed E-state index contributed by atoms with van der Waals surface area (Å²) >= 11 is 0. The van der Waals surface area contributed by atoms with Crippen molar-refractivity contribution in [3.8, 4) is 0 Å². The molecule has 0 saturated carbocycles. The van der Waals surface area contributed by atoms with Crippen LogP contribution in [0.15, 0.2) is 12.1 Å². The van der Waals surface area contributed by atoms with Crippen LogP contribution in [0.3, 0.4) is 0 Å². The van der Waals surface area contributed by atoms with Gasteiger partial charge in [-0.05, 0) is 18.5 Å². The highest BCUT2D eigenvalue weighted by atomic mass is 19.1. The van der Waals surface area contributed by atoms with E-state index in [9.17, 15) is 18.8 Å². The van der Waals surface area contributed by atoms with Crippen LogP contribution < -0.4 is 11.1 Å². The van der Waals surface area contributed by atoms with Crippen molar-refractivity contribution in [3.05, 3.63) is 29.0 Å². The molecule has 0 aliphatic carbocycles. The highest BCUT2D eigenvalue weighted by molar-refractivity contribution is 6.06. The summed E-state index contributed by atoms with van der Waals surface area (Å²) in [5.41, 5.74) is 3.05. The van der Waals surface area contributed by atoms with Crippen molar-refractivity contribution >= 4 is 23.4 Å². The maximum absolute atomic E-state index is 14.0. The zero-order chi connectivity index (χ0) is 20.7.